The summed E-state index contributed by atoms with van der Waals surface area (Å²) in [4.78, 5) is 78.1. The summed E-state index contributed by atoms with van der Waals surface area (Å²) in [6.45, 7) is 5.91. The molecule has 0 N–H and O–H groups in total. The van der Waals surface area contributed by atoms with Gasteiger partial charge in [0.05, 0.1) is 27.0 Å². The fraction of sp³-hybridized carbons (Fsp3) is 0.241. The van der Waals surface area contributed by atoms with Crippen LogP contribution in [0.2, 0.25) is 5.02 Å². The van der Waals surface area contributed by atoms with E-state index in [1.807, 2.05) is 19.1 Å². The molecule has 0 aliphatic carbocycles. The lowest BCUT2D eigenvalue weighted by atomic mass is 10.0. The summed E-state index contributed by atoms with van der Waals surface area (Å²) in [5.41, 5.74) is 6.44. The summed E-state index contributed by atoms with van der Waals surface area (Å²) < 4.78 is 35.0. The van der Waals surface area contributed by atoms with Gasteiger partial charge in [0.1, 0.15) is 45.8 Å². The number of ketones is 4. The molecule has 8 rings (SSSR count). The van der Waals surface area contributed by atoms with Crippen molar-refractivity contribution in [3.63, 3.8) is 0 Å². The number of hydrogen-bond donors (Lipinski definition) is 0. The predicted molar refractivity (Wildman–Crippen MR) is 262 cm³/mol. The third-order valence-electron chi connectivity index (χ3n) is 11.6. The molecule has 0 spiro atoms. The zero-order chi connectivity index (χ0) is 50.1. The number of aryl methyl sites for hydroxylation is 3. The number of nitrogens with zero attached hydrogens (tertiary/aromatic N) is 5. The molecule has 1 saturated heterocycles. The van der Waals surface area contributed by atoms with E-state index in [4.69, 9.17) is 30.3 Å². The van der Waals surface area contributed by atoms with Gasteiger partial charge in [-0.3, -0.25) is 24.0 Å². The second kappa shape index (κ2) is 22.5. The smallest absolute Gasteiger partial charge is 0.257 e. The number of pyridine rings is 2. The van der Waals surface area contributed by atoms with E-state index in [-0.39, 0.29) is 71.9 Å². The third kappa shape index (κ3) is 11.7. The molecule has 16 heteroatoms. The number of benzene rings is 4. The first-order chi connectivity index (χ1) is 33.7. The van der Waals surface area contributed by atoms with Gasteiger partial charge in [0, 0.05) is 71.5 Å². The first-order valence-corrected chi connectivity index (χ1v) is 22.7. The molecule has 1 fully saturated rings. The van der Waals surface area contributed by atoms with Crippen LogP contribution in [0.1, 0.15) is 97.2 Å². The van der Waals surface area contributed by atoms with Crippen molar-refractivity contribution in [3.05, 3.63) is 153 Å². The van der Waals surface area contributed by atoms with Crippen LogP contribution >= 0.6 is 11.6 Å². The SMILES string of the molecule is COc1cc(C(=O)CCC(=O)c2ccc(OC)c(-c3ccc(C)c(Cl)c3)n2)ccc1N1CCCC1=O.COc1ccc(C(=O)CCC(=O)c2ccc(-c3nc(C)no3)cc2)nc1-c1ccc(F)c(C)c1. The van der Waals surface area contributed by atoms with Crippen LogP contribution in [-0.4, -0.2) is 77.0 Å². The molecule has 0 bridgehead atoms. The van der Waals surface area contributed by atoms with Gasteiger partial charge in [-0.1, -0.05) is 41.0 Å². The third-order valence-corrected chi connectivity index (χ3v) is 12.0. The lowest BCUT2D eigenvalue weighted by Crippen LogP contribution is -2.24. The molecule has 1 amide bonds. The summed E-state index contributed by atoms with van der Waals surface area (Å²) in [6, 6.07) is 28.4. The normalized spacial score (nSPS) is 12.0. The maximum atomic E-state index is 13.7. The molecule has 0 unspecified atom stereocenters. The van der Waals surface area contributed by atoms with Crippen molar-refractivity contribution in [1.82, 2.24) is 20.1 Å². The summed E-state index contributed by atoms with van der Waals surface area (Å²) in [6.07, 6.45) is 1.36. The predicted octanol–water partition coefficient (Wildman–Crippen LogP) is 11.1. The highest BCUT2D eigenvalue weighted by atomic mass is 35.5. The van der Waals surface area contributed by atoms with Gasteiger partial charge >= 0.3 is 0 Å². The lowest BCUT2D eigenvalue weighted by Gasteiger charge is -2.19. The van der Waals surface area contributed by atoms with Crippen molar-refractivity contribution >= 4 is 46.3 Å². The second-order valence-electron chi connectivity index (χ2n) is 16.4. The number of Topliss-reactive ketones (excluding diaryl/α,β-unsaturated/α-hetero) is 4. The van der Waals surface area contributed by atoms with Gasteiger partial charge in [-0.2, -0.15) is 4.98 Å². The Morgan fingerprint density at radius 2 is 1.16 bits per heavy atom. The van der Waals surface area contributed by atoms with E-state index in [1.165, 1.54) is 27.4 Å². The Kier molecular flexibility index (Phi) is 16.0. The van der Waals surface area contributed by atoms with E-state index in [1.54, 1.807) is 104 Å². The van der Waals surface area contributed by atoms with Gasteiger partial charge in [0.25, 0.3) is 5.89 Å². The highest BCUT2D eigenvalue weighted by Crippen LogP contribution is 2.35. The molecule has 7 aromatic rings. The molecule has 70 heavy (non-hydrogen) atoms. The quantitative estimate of drug-likeness (QED) is 0.0787. The average Bonchev–Trinajstić information content (AvgIpc) is 4.03. The fourth-order valence-electron chi connectivity index (χ4n) is 7.67. The Morgan fingerprint density at radius 3 is 1.69 bits per heavy atom. The van der Waals surface area contributed by atoms with E-state index < -0.39 is 0 Å². The Hall–Kier alpha value is -7.91. The van der Waals surface area contributed by atoms with E-state index in [0.29, 0.717) is 91.8 Å². The maximum absolute atomic E-state index is 13.7. The highest BCUT2D eigenvalue weighted by Gasteiger charge is 2.26. The first kappa shape index (κ1) is 50.0. The molecule has 4 aromatic carbocycles. The molecule has 0 atom stereocenters. The molecule has 4 heterocycles. The average molecular weight is 966 g/mol. The summed E-state index contributed by atoms with van der Waals surface area (Å²) in [7, 11) is 4.54. The van der Waals surface area contributed by atoms with Gasteiger partial charge < -0.3 is 23.6 Å². The number of rotatable bonds is 17. The molecule has 0 saturated carbocycles. The van der Waals surface area contributed by atoms with Crippen LogP contribution in [0.25, 0.3) is 34.0 Å². The minimum atomic E-state index is -0.325. The largest absolute Gasteiger partial charge is 0.495 e. The number of carbonyl (C=O) groups is 5. The van der Waals surface area contributed by atoms with Crippen molar-refractivity contribution in [3.8, 4) is 51.2 Å². The van der Waals surface area contributed by atoms with Gasteiger partial charge in [-0.15, -0.1) is 0 Å². The molecular weight excluding hydrogens is 917 g/mol. The van der Waals surface area contributed by atoms with Crippen molar-refractivity contribution < 1.29 is 47.1 Å². The molecule has 3 aromatic heterocycles. The van der Waals surface area contributed by atoms with Gasteiger partial charge in [-0.25, -0.2) is 14.4 Å². The molecule has 14 nitrogen and oxygen atoms in total. The molecule has 358 valence electrons. The molecular formula is C54H49ClFN5O9. The van der Waals surface area contributed by atoms with Gasteiger partial charge in [0.2, 0.25) is 5.91 Å². The maximum Gasteiger partial charge on any atom is 0.257 e. The van der Waals surface area contributed by atoms with Crippen LogP contribution in [0, 0.1) is 26.6 Å². The van der Waals surface area contributed by atoms with Crippen molar-refractivity contribution in [2.24, 2.45) is 0 Å². The number of hydrogen-bond acceptors (Lipinski definition) is 13. The Morgan fingerprint density at radius 1 is 0.614 bits per heavy atom. The Bertz CT molecular complexity index is 3120. The van der Waals surface area contributed by atoms with Crippen LogP contribution in [-0.2, 0) is 4.79 Å². The molecule has 1 aliphatic heterocycles. The standard InChI is InChI=1S/C28H27ClN2O5.C26H22FN3O4/c1-17-6-7-19(15-20(17)29)28-25(35-2)13-9-21(30-28)24(33)12-11-23(32)18-8-10-22(26(16-18)36-3)31-14-4-5-27(31)34;1-15-14-19(8-9-20(15)27)25-24(33-3)13-10-21(29-25)23(32)12-11-22(31)17-4-6-18(7-5-17)26-28-16(2)30-34-26/h6-10,13,15-16H,4-5,11-12,14H2,1-3H3;4-10,13-14H,11-12H2,1-3H3. The zero-order valence-corrected chi connectivity index (χ0v) is 40.2. The van der Waals surface area contributed by atoms with E-state index in [2.05, 4.69) is 20.1 Å². The fourth-order valence-corrected chi connectivity index (χ4v) is 7.85. The zero-order valence-electron chi connectivity index (χ0n) is 39.4. The topological polar surface area (TPSA) is 181 Å². The second-order valence-corrected chi connectivity index (χ2v) is 16.8. The number of aromatic nitrogens is 4. The minimum absolute atomic E-state index is 0.000927. The molecule has 1 aliphatic rings. The number of ether oxygens (including phenoxy) is 3. The van der Waals surface area contributed by atoms with E-state index in [9.17, 15) is 28.4 Å². The van der Waals surface area contributed by atoms with Crippen LogP contribution < -0.4 is 19.1 Å². The summed E-state index contributed by atoms with van der Waals surface area (Å²) in [5, 5.41) is 4.34. The van der Waals surface area contributed by atoms with Crippen LogP contribution in [0.4, 0.5) is 10.1 Å². The van der Waals surface area contributed by atoms with Crippen LogP contribution in [0.5, 0.6) is 17.2 Å². The van der Waals surface area contributed by atoms with Gasteiger partial charge in [-0.05, 0) is 117 Å². The van der Waals surface area contributed by atoms with Crippen molar-refractivity contribution in [2.75, 3.05) is 32.8 Å². The summed E-state index contributed by atoms with van der Waals surface area (Å²) in [5.74, 6) is 1.19. The van der Waals surface area contributed by atoms with Crippen LogP contribution in [0.3, 0.4) is 0 Å². The van der Waals surface area contributed by atoms with Crippen LogP contribution in [0.15, 0.2) is 108 Å². The minimum Gasteiger partial charge on any atom is -0.495 e. The monoisotopic (exact) mass is 965 g/mol. The Balaban J connectivity index is 0.000000207. The van der Waals surface area contributed by atoms with Gasteiger partial charge in [0.15, 0.2) is 29.0 Å². The number of halogens is 2. The van der Waals surface area contributed by atoms with Crippen molar-refractivity contribution in [2.45, 2.75) is 59.3 Å². The molecule has 0 radical (unpaired) electrons. The first-order valence-electron chi connectivity index (χ1n) is 22.3. The summed E-state index contributed by atoms with van der Waals surface area (Å²) >= 11 is 6.28. The highest BCUT2D eigenvalue weighted by molar-refractivity contribution is 6.31. The number of amides is 1. The number of methoxy groups -OCH3 is 3. The number of anilines is 1. The van der Waals surface area contributed by atoms with E-state index >= 15 is 0 Å². The van der Waals surface area contributed by atoms with Crippen molar-refractivity contribution in [1.29, 1.82) is 0 Å². The van der Waals surface area contributed by atoms with E-state index in [0.717, 1.165) is 17.5 Å². The Labute approximate surface area is 408 Å². The lowest BCUT2D eigenvalue weighted by molar-refractivity contribution is -0.117. The number of carbonyl (C=O) groups excluding carboxylic acids is 5.